The van der Waals surface area contributed by atoms with Crippen LogP contribution in [0.5, 0.6) is 0 Å². The molecule has 0 aliphatic rings. The summed E-state index contributed by atoms with van der Waals surface area (Å²) in [6.07, 6.45) is 3.24. The van der Waals surface area contributed by atoms with Gasteiger partial charge in [-0.25, -0.2) is 0 Å². The fourth-order valence-electron chi connectivity index (χ4n) is 1.98. The summed E-state index contributed by atoms with van der Waals surface area (Å²) in [7, 11) is 0. The number of aromatic amines is 1. The van der Waals surface area contributed by atoms with E-state index >= 15 is 0 Å². The minimum Gasteiger partial charge on any atom is -0.323 e. The number of thiophene rings is 1. The van der Waals surface area contributed by atoms with Crippen molar-refractivity contribution in [2.75, 3.05) is 0 Å². The molecule has 17 heavy (non-hydrogen) atoms. The molecule has 5 heteroatoms. The van der Waals surface area contributed by atoms with Gasteiger partial charge in [0, 0.05) is 6.04 Å². The highest BCUT2D eigenvalue weighted by Gasteiger charge is 2.11. The number of nitrogens with zero attached hydrogens (tertiary/aromatic N) is 1. The minimum absolute atomic E-state index is 0.0357. The van der Waals surface area contributed by atoms with Crippen LogP contribution in [0, 0.1) is 4.77 Å². The Hall–Kier alpha value is -0.940. The van der Waals surface area contributed by atoms with Crippen LogP contribution in [0.4, 0.5) is 0 Å². The van der Waals surface area contributed by atoms with E-state index in [-0.39, 0.29) is 11.6 Å². The van der Waals surface area contributed by atoms with Crippen molar-refractivity contribution in [1.82, 2.24) is 9.55 Å². The van der Waals surface area contributed by atoms with E-state index in [0.717, 1.165) is 29.5 Å². The average molecular weight is 268 g/mol. The second kappa shape index (κ2) is 5.14. The third-order valence-corrected chi connectivity index (χ3v) is 4.10. The lowest BCUT2D eigenvalue weighted by Crippen LogP contribution is -2.24. The first-order valence-electron chi connectivity index (χ1n) is 5.87. The van der Waals surface area contributed by atoms with Gasteiger partial charge in [-0.1, -0.05) is 19.8 Å². The third-order valence-electron chi connectivity index (χ3n) is 2.97. The second-order valence-corrected chi connectivity index (χ2v) is 5.56. The molecule has 0 bridgehead atoms. The number of fused-ring (bicyclic) bond motifs is 1. The first kappa shape index (κ1) is 12.5. The Morgan fingerprint density at radius 3 is 3.06 bits per heavy atom. The van der Waals surface area contributed by atoms with Gasteiger partial charge in [-0.05, 0) is 37.0 Å². The summed E-state index contributed by atoms with van der Waals surface area (Å²) in [5, 5.41) is 2.66. The normalized spacial score (nSPS) is 13.1. The van der Waals surface area contributed by atoms with Crippen molar-refractivity contribution in [3.05, 3.63) is 26.6 Å². The van der Waals surface area contributed by atoms with Gasteiger partial charge in [-0.3, -0.25) is 9.36 Å². The monoisotopic (exact) mass is 268 g/mol. The zero-order valence-electron chi connectivity index (χ0n) is 10.0. The van der Waals surface area contributed by atoms with Crippen molar-refractivity contribution in [2.24, 2.45) is 0 Å². The van der Waals surface area contributed by atoms with Crippen LogP contribution in [0.2, 0.25) is 0 Å². The van der Waals surface area contributed by atoms with Gasteiger partial charge in [0.25, 0.3) is 5.56 Å². The molecule has 0 saturated heterocycles. The summed E-state index contributed by atoms with van der Waals surface area (Å²) < 4.78 is 2.24. The molecule has 0 amide bonds. The maximum atomic E-state index is 12.3. The summed E-state index contributed by atoms with van der Waals surface area (Å²) in [5.41, 5.74) is 0.0357. The number of rotatable bonds is 4. The second-order valence-electron chi connectivity index (χ2n) is 4.26. The van der Waals surface area contributed by atoms with Crippen LogP contribution in [0.15, 0.2) is 16.2 Å². The molecule has 0 aromatic carbocycles. The molecular formula is C12H16N2OS2. The molecular weight excluding hydrogens is 252 g/mol. The Labute approximate surface area is 109 Å². The van der Waals surface area contributed by atoms with E-state index < -0.39 is 0 Å². The Bertz CT molecular complexity index is 623. The predicted molar refractivity (Wildman–Crippen MR) is 75.5 cm³/mol. The third kappa shape index (κ3) is 2.35. The molecule has 2 rings (SSSR count). The molecule has 0 spiro atoms. The standard InChI is InChI=1S/C12H16N2OS2/c1-3-4-5-8(2)14-11(15)9-6-7-17-10(9)13-12(14)16/h6-8H,3-5H2,1-2H3,(H,13,16). The van der Waals surface area contributed by atoms with Crippen LogP contribution in [0.3, 0.4) is 0 Å². The Morgan fingerprint density at radius 1 is 1.59 bits per heavy atom. The van der Waals surface area contributed by atoms with Crippen molar-refractivity contribution < 1.29 is 0 Å². The Morgan fingerprint density at radius 2 is 2.35 bits per heavy atom. The molecule has 0 aliphatic heterocycles. The molecule has 92 valence electrons. The summed E-state index contributed by atoms with van der Waals surface area (Å²) in [6.45, 7) is 4.21. The van der Waals surface area contributed by atoms with Gasteiger partial charge in [0.15, 0.2) is 4.77 Å². The summed E-state index contributed by atoms with van der Waals surface area (Å²) >= 11 is 6.79. The van der Waals surface area contributed by atoms with Crippen molar-refractivity contribution in [3.63, 3.8) is 0 Å². The van der Waals surface area contributed by atoms with Gasteiger partial charge in [-0.15, -0.1) is 11.3 Å². The highest BCUT2D eigenvalue weighted by Crippen LogP contribution is 2.18. The van der Waals surface area contributed by atoms with E-state index in [4.69, 9.17) is 12.2 Å². The molecule has 1 N–H and O–H groups in total. The van der Waals surface area contributed by atoms with Gasteiger partial charge in [0.1, 0.15) is 4.83 Å². The molecule has 2 aromatic heterocycles. The Kier molecular flexibility index (Phi) is 3.79. The van der Waals surface area contributed by atoms with E-state index in [9.17, 15) is 4.79 Å². The van der Waals surface area contributed by atoms with Crippen molar-refractivity contribution in [2.45, 2.75) is 39.2 Å². The van der Waals surface area contributed by atoms with Crippen LogP contribution < -0.4 is 5.56 Å². The highest BCUT2D eigenvalue weighted by molar-refractivity contribution is 7.71. The van der Waals surface area contributed by atoms with Crippen molar-refractivity contribution in [3.8, 4) is 0 Å². The summed E-state index contributed by atoms with van der Waals surface area (Å²) in [5.74, 6) is 0. The fraction of sp³-hybridized carbons (Fsp3) is 0.500. The quantitative estimate of drug-likeness (QED) is 0.855. The number of H-pyrrole nitrogens is 1. The lowest BCUT2D eigenvalue weighted by molar-refractivity contribution is 0.465. The van der Waals surface area contributed by atoms with Gasteiger partial charge in [-0.2, -0.15) is 0 Å². The first-order valence-corrected chi connectivity index (χ1v) is 7.16. The largest absolute Gasteiger partial charge is 0.323 e. The van der Waals surface area contributed by atoms with E-state index in [1.54, 1.807) is 4.57 Å². The van der Waals surface area contributed by atoms with Crippen LogP contribution >= 0.6 is 23.6 Å². The SMILES string of the molecule is CCCCC(C)n1c(=S)[nH]c2sccc2c1=O. The zero-order valence-corrected chi connectivity index (χ0v) is 11.7. The van der Waals surface area contributed by atoms with Crippen LogP contribution in [-0.4, -0.2) is 9.55 Å². The van der Waals surface area contributed by atoms with Crippen LogP contribution in [-0.2, 0) is 0 Å². The number of hydrogen-bond donors (Lipinski definition) is 1. The first-order chi connectivity index (χ1) is 8.15. The minimum atomic E-state index is 0.0357. The van der Waals surface area contributed by atoms with E-state index in [0.29, 0.717) is 4.77 Å². The van der Waals surface area contributed by atoms with Crippen molar-refractivity contribution >= 4 is 33.8 Å². The van der Waals surface area contributed by atoms with Gasteiger partial charge in [0.05, 0.1) is 5.39 Å². The van der Waals surface area contributed by atoms with E-state index in [1.807, 2.05) is 11.4 Å². The maximum Gasteiger partial charge on any atom is 0.263 e. The fourth-order valence-corrected chi connectivity index (χ4v) is 3.19. The highest BCUT2D eigenvalue weighted by atomic mass is 32.1. The number of unbranched alkanes of at least 4 members (excludes halogenated alkanes) is 1. The van der Waals surface area contributed by atoms with Crippen LogP contribution in [0.1, 0.15) is 39.2 Å². The predicted octanol–water partition coefficient (Wildman–Crippen LogP) is 3.87. The smallest absolute Gasteiger partial charge is 0.263 e. The lowest BCUT2D eigenvalue weighted by Gasteiger charge is -2.14. The molecule has 2 heterocycles. The van der Waals surface area contributed by atoms with Crippen LogP contribution in [0.25, 0.3) is 10.2 Å². The summed E-state index contributed by atoms with van der Waals surface area (Å²) in [4.78, 5) is 16.3. The molecule has 2 aromatic rings. The maximum absolute atomic E-state index is 12.3. The summed E-state index contributed by atoms with van der Waals surface area (Å²) in [6, 6.07) is 2.02. The average Bonchev–Trinajstić information content (AvgIpc) is 2.74. The topological polar surface area (TPSA) is 37.8 Å². The van der Waals surface area contributed by atoms with E-state index in [1.165, 1.54) is 11.3 Å². The number of aromatic nitrogens is 2. The number of nitrogens with one attached hydrogen (secondary N) is 1. The molecule has 1 unspecified atom stereocenters. The molecule has 0 saturated carbocycles. The zero-order chi connectivity index (χ0) is 12.4. The molecule has 3 nitrogen and oxygen atoms in total. The van der Waals surface area contributed by atoms with E-state index in [2.05, 4.69) is 18.8 Å². The van der Waals surface area contributed by atoms with Gasteiger partial charge < -0.3 is 4.98 Å². The van der Waals surface area contributed by atoms with Gasteiger partial charge >= 0.3 is 0 Å². The van der Waals surface area contributed by atoms with Crippen molar-refractivity contribution in [1.29, 1.82) is 0 Å². The molecule has 1 atom stereocenters. The van der Waals surface area contributed by atoms with Gasteiger partial charge in [0.2, 0.25) is 0 Å². The molecule has 0 radical (unpaired) electrons. The number of hydrogen-bond acceptors (Lipinski definition) is 3. The lowest BCUT2D eigenvalue weighted by atomic mass is 10.1. The molecule has 0 aliphatic carbocycles. The molecule has 0 fully saturated rings. The Balaban J connectivity index is 2.53.